The Morgan fingerprint density at radius 3 is 2.03 bits per heavy atom. The van der Waals surface area contributed by atoms with Gasteiger partial charge in [0.2, 0.25) is 10.0 Å². The maximum Gasteiger partial charge on any atom is 0.416 e. The average Bonchev–Trinajstić information content (AvgIpc) is 2.77. The van der Waals surface area contributed by atoms with Gasteiger partial charge >= 0.3 is 6.18 Å². The molecule has 0 amide bonds. The van der Waals surface area contributed by atoms with Gasteiger partial charge in [0.05, 0.1) is 16.6 Å². The van der Waals surface area contributed by atoms with Gasteiger partial charge in [-0.25, -0.2) is 8.42 Å². The maximum absolute atomic E-state index is 13.1. The second-order valence-corrected chi connectivity index (χ2v) is 10.2. The van der Waals surface area contributed by atoms with E-state index in [1.165, 1.54) is 4.31 Å². The lowest BCUT2D eigenvalue weighted by molar-refractivity contribution is -0.137. The van der Waals surface area contributed by atoms with Crippen LogP contribution < -0.4 is 0 Å². The average molecular weight is 479 g/mol. The summed E-state index contributed by atoms with van der Waals surface area (Å²) in [6, 6.07) is 3.59. The Hall–Kier alpha value is -1.16. The number of nitrogens with zero attached hydrogens (tertiary/aromatic N) is 2. The first kappa shape index (κ1) is 27.1. The van der Waals surface area contributed by atoms with E-state index < -0.39 is 21.8 Å². The molecule has 0 N–H and O–H groups in total. The van der Waals surface area contributed by atoms with Crippen LogP contribution in [0.4, 0.5) is 13.2 Å². The molecule has 1 aromatic carbocycles. The molecular weight excluding hydrogens is 441 g/mol. The van der Waals surface area contributed by atoms with Gasteiger partial charge < -0.3 is 9.64 Å². The molecule has 0 saturated heterocycles. The lowest BCUT2D eigenvalue weighted by Crippen LogP contribution is -2.43. The van der Waals surface area contributed by atoms with E-state index in [0.29, 0.717) is 12.8 Å². The van der Waals surface area contributed by atoms with Gasteiger partial charge in [0.15, 0.2) is 0 Å². The molecule has 0 radical (unpaired) electrons. The largest absolute Gasteiger partial charge is 0.416 e. The van der Waals surface area contributed by atoms with Gasteiger partial charge in [0.1, 0.15) is 0 Å². The van der Waals surface area contributed by atoms with Gasteiger partial charge in [-0.05, 0) is 82.4 Å². The molecule has 1 fully saturated rings. The molecule has 1 aromatic rings. The third kappa shape index (κ3) is 7.43. The van der Waals surface area contributed by atoms with Crippen molar-refractivity contribution in [2.75, 3.05) is 32.8 Å². The van der Waals surface area contributed by atoms with Gasteiger partial charge in [-0.3, -0.25) is 0 Å². The first-order valence-corrected chi connectivity index (χ1v) is 13.1. The molecule has 2 rings (SSSR count). The Balaban J connectivity index is 1.85. The zero-order valence-electron chi connectivity index (χ0n) is 19.4. The van der Waals surface area contributed by atoms with Crippen LogP contribution in [-0.2, 0) is 20.9 Å². The highest BCUT2D eigenvalue weighted by molar-refractivity contribution is 7.89. The molecule has 184 valence electrons. The quantitative estimate of drug-likeness (QED) is 0.389. The summed E-state index contributed by atoms with van der Waals surface area (Å²) in [6.07, 6.45) is 0.740. The van der Waals surface area contributed by atoms with E-state index in [-0.39, 0.29) is 23.6 Å². The lowest BCUT2D eigenvalue weighted by atomic mass is 9.93. The highest BCUT2D eigenvalue weighted by Crippen LogP contribution is 2.32. The van der Waals surface area contributed by atoms with Gasteiger partial charge in [0.25, 0.3) is 0 Å². The first-order chi connectivity index (χ1) is 15.1. The van der Waals surface area contributed by atoms with Crippen LogP contribution >= 0.6 is 0 Å². The van der Waals surface area contributed by atoms with E-state index in [2.05, 4.69) is 18.7 Å². The monoisotopic (exact) mass is 478 g/mol. The standard InChI is InChI=1S/C23H37F3N2O3S/c1-4-27(5-2)17-7-8-18-31-21-13-11-20(12-14-21)28(6-3)32(29,30)22-15-9-19(10-16-22)23(24,25)26/h9-10,15-16,20-21H,4-8,11-14,17-18H2,1-3H3. The van der Waals surface area contributed by atoms with Crippen LogP contribution in [0.15, 0.2) is 29.2 Å². The normalized spacial score (nSPS) is 20.2. The summed E-state index contributed by atoms with van der Waals surface area (Å²) >= 11 is 0. The highest BCUT2D eigenvalue weighted by Gasteiger charge is 2.35. The van der Waals surface area contributed by atoms with Crippen LogP contribution in [0.5, 0.6) is 0 Å². The summed E-state index contributed by atoms with van der Waals surface area (Å²) in [5.41, 5.74) is -0.853. The van der Waals surface area contributed by atoms with E-state index in [1.54, 1.807) is 6.92 Å². The van der Waals surface area contributed by atoms with Crippen LogP contribution in [0.1, 0.15) is 64.9 Å². The van der Waals surface area contributed by atoms with E-state index >= 15 is 0 Å². The molecule has 9 heteroatoms. The molecule has 5 nitrogen and oxygen atoms in total. The molecule has 0 spiro atoms. The number of halogens is 3. The van der Waals surface area contributed by atoms with Crippen molar-refractivity contribution in [2.45, 2.75) is 82.5 Å². The van der Waals surface area contributed by atoms with Crippen LogP contribution in [0.3, 0.4) is 0 Å². The van der Waals surface area contributed by atoms with Crippen molar-refractivity contribution in [3.63, 3.8) is 0 Å². The highest BCUT2D eigenvalue weighted by atomic mass is 32.2. The topological polar surface area (TPSA) is 49.9 Å². The number of rotatable bonds is 12. The van der Waals surface area contributed by atoms with Crippen molar-refractivity contribution in [1.29, 1.82) is 0 Å². The molecule has 1 aliphatic rings. The number of unbranched alkanes of at least 4 members (excludes halogenated alkanes) is 1. The molecule has 1 saturated carbocycles. The Labute approximate surface area is 191 Å². The minimum Gasteiger partial charge on any atom is -0.378 e. The second kappa shape index (κ2) is 12.3. The van der Waals surface area contributed by atoms with Gasteiger partial charge in [-0.1, -0.05) is 20.8 Å². The Kier molecular flexibility index (Phi) is 10.4. The summed E-state index contributed by atoms with van der Waals surface area (Å²) in [6.45, 7) is 10.3. The molecular formula is C23H37F3N2O3S. The number of hydrogen-bond donors (Lipinski definition) is 0. The van der Waals surface area contributed by atoms with Crippen molar-refractivity contribution >= 4 is 10.0 Å². The van der Waals surface area contributed by atoms with E-state index in [4.69, 9.17) is 4.74 Å². The maximum atomic E-state index is 13.1. The molecule has 0 unspecified atom stereocenters. The van der Waals surface area contributed by atoms with Crippen LogP contribution in [0.25, 0.3) is 0 Å². The summed E-state index contributed by atoms with van der Waals surface area (Å²) in [5, 5.41) is 0. The summed E-state index contributed by atoms with van der Waals surface area (Å²) in [4.78, 5) is 2.29. The summed E-state index contributed by atoms with van der Waals surface area (Å²) < 4.78 is 72.0. The minimum absolute atomic E-state index is 0.0982. The molecule has 1 aliphatic carbocycles. The van der Waals surface area contributed by atoms with Crippen molar-refractivity contribution in [2.24, 2.45) is 0 Å². The second-order valence-electron chi connectivity index (χ2n) is 8.27. The van der Waals surface area contributed by atoms with Crippen LogP contribution in [-0.4, -0.2) is 62.6 Å². The lowest BCUT2D eigenvalue weighted by Gasteiger charge is -2.35. The van der Waals surface area contributed by atoms with Crippen LogP contribution in [0, 0.1) is 0 Å². The fraction of sp³-hybridized carbons (Fsp3) is 0.739. The molecule has 0 bridgehead atoms. The van der Waals surface area contributed by atoms with Crippen molar-refractivity contribution in [3.8, 4) is 0 Å². The summed E-state index contributed by atoms with van der Waals surface area (Å²) in [7, 11) is -3.85. The predicted molar refractivity (Wildman–Crippen MR) is 120 cm³/mol. The van der Waals surface area contributed by atoms with Gasteiger partial charge in [-0.15, -0.1) is 0 Å². The van der Waals surface area contributed by atoms with Crippen molar-refractivity contribution in [3.05, 3.63) is 29.8 Å². The number of benzene rings is 1. The van der Waals surface area contributed by atoms with Crippen molar-refractivity contribution < 1.29 is 26.3 Å². The molecule has 0 atom stereocenters. The van der Waals surface area contributed by atoms with Crippen LogP contribution in [0.2, 0.25) is 0 Å². The fourth-order valence-corrected chi connectivity index (χ4v) is 6.00. The minimum atomic E-state index is -4.49. The third-order valence-corrected chi connectivity index (χ3v) is 8.31. The number of ether oxygens (including phenoxy) is 1. The number of hydrogen-bond acceptors (Lipinski definition) is 4. The summed E-state index contributed by atoms with van der Waals surface area (Å²) in [5.74, 6) is 0. The fourth-order valence-electron chi connectivity index (χ4n) is 4.30. The Morgan fingerprint density at radius 2 is 1.53 bits per heavy atom. The van der Waals surface area contributed by atoms with Gasteiger partial charge in [0, 0.05) is 19.2 Å². The number of sulfonamides is 1. The SMILES string of the molecule is CCN(CC)CCCCOC1CCC(N(CC)S(=O)(=O)c2ccc(C(F)(F)F)cc2)CC1. The number of alkyl halides is 3. The smallest absolute Gasteiger partial charge is 0.378 e. The Morgan fingerprint density at radius 1 is 0.938 bits per heavy atom. The predicted octanol–water partition coefficient (Wildman–Crippen LogP) is 5.17. The first-order valence-electron chi connectivity index (χ1n) is 11.7. The molecule has 32 heavy (non-hydrogen) atoms. The van der Waals surface area contributed by atoms with E-state index in [0.717, 1.165) is 76.2 Å². The molecule has 0 heterocycles. The Bertz CT molecular complexity index is 773. The zero-order valence-corrected chi connectivity index (χ0v) is 20.2. The van der Waals surface area contributed by atoms with E-state index in [1.807, 2.05) is 0 Å². The van der Waals surface area contributed by atoms with Gasteiger partial charge in [-0.2, -0.15) is 17.5 Å². The third-order valence-electron chi connectivity index (χ3n) is 6.27. The van der Waals surface area contributed by atoms with Crippen molar-refractivity contribution in [1.82, 2.24) is 9.21 Å². The van der Waals surface area contributed by atoms with E-state index in [9.17, 15) is 21.6 Å². The molecule has 0 aromatic heterocycles. The molecule has 0 aliphatic heterocycles. The zero-order chi connectivity index (χ0) is 23.8.